The van der Waals surface area contributed by atoms with Crippen molar-refractivity contribution in [3.63, 3.8) is 0 Å². The lowest BCUT2D eigenvalue weighted by Gasteiger charge is -2.39. The summed E-state index contributed by atoms with van der Waals surface area (Å²) in [5.41, 5.74) is 5.95. The van der Waals surface area contributed by atoms with Crippen LogP contribution >= 0.6 is 0 Å². The highest BCUT2D eigenvalue weighted by Gasteiger charge is 2.48. The first kappa shape index (κ1) is 21.6. The molecule has 1 amide bonds. The maximum Gasteiger partial charge on any atom is 0.417 e. The normalized spacial score (nSPS) is 25.1. The molecule has 2 heterocycles. The number of aromatic nitrogens is 1. The van der Waals surface area contributed by atoms with Gasteiger partial charge in [0.15, 0.2) is 0 Å². The van der Waals surface area contributed by atoms with Gasteiger partial charge in [-0.1, -0.05) is 13.8 Å². The van der Waals surface area contributed by atoms with Crippen LogP contribution in [0.1, 0.15) is 51.4 Å². The van der Waals surface area contributed by atoms with Crippen LogP contribution in [0.5, 0.6) is 0 Å². The third kappa shape index (κ3) is 4.27. The standard InChI is InChI=1S/C18H24F3N3O.CH4O.H2/c1-11(2)17(5-3-14(22)8-17)16(25)24-6-4-15-12(10-24)7-13(9-23-15)18(19,20)21;1-2;/h7,9,11,14H,3-6,8,10,22H2,1-2H3;2H,1H3;1H/t14-,17+;;/m1../s1. The van der Waals surface area contributed by atoms with E-state index < -0.39 is 17.2 Å². The molecule has 0 radical (unpaired) electrons. The topological polar surface area (TPSA) is 79.5 Å². The quantitative estimate of drug-likeness (QED) is 0.815. The van der Waals surface area contributed by atoms with E-state index in [1.807, 2.05) is 13.8 Å². The van der Waals surface area contributed by atoms with Gasteiger partial charge in [0, 0.05) is 46.0 Å². The van der Waals surface area contributed by atoms with Crippen molar-refractivity contribution in [1.29, 1.82) is 0 Å². The smallest absolute Gasteiger partial charge is 0.400 e. The molecule has 0 bridgehead atoms. The Hall–Kier alpha value is -1.67. The van der Waals surface area contributed by atoms with Gasteiger partial charge in [0.2, 0.25) is 5.91 Å². The minimum absolute atomic E-state index is 0. The fraction of sp³-hybridized carbons (Fsp3) is 0.684. The van der Waals surface area contributed by atoms with Crippen molar-refractivity contribution in [1.82, 2.24) is 9.88 Å². The molecule has 1 aromatic heterocycles. The Balaban J connectivity index is 0.00000127. The highest BCUT2D eigenvalue weighted by atomic mass is 19.4. The first-order chi connectivity index (χ1) is 12.6. The molecule has 1 aliphatic heterocycles. The summed E-state index contributed by atoms with van der Waals surface area (Å²) in [4.78, 5) is 18.9. The Kier molecular flexibility index (Phi) is 6.52. The zero-order chi connectivity index (χ0) is 20.4. The fourth-order valence-corrected chi connectivity index (χ4v) is 4.15. The summed E-state index contributed by atoms with van der Waals surface area (Å²) < 4.78 is 38.8. The molecule has 0 saturated heterocycles. The van der Waals surface area contributed by atoms with Crippen molar-refractivity contribution in [3.8, 4) is 0 Å². The van der Waals surface area contributed by atoms with E-state index in [1.54, 1.807) is 4.90 Å². The third-order valence-electron chi connectivity index (χ3n) is 5.77. The molecule has 8 heteroatoms. The zero-order valence-electron chi connectivity index (χ0n) is 16.0. The average Bonchev–Trinajstić information content (AvgIpc) is 3.04. The molecule has 3 N–H and O–H groups in total. The molecular weight excluding hydrogens is 359 g/mol. The van der Waals surface area contributed by atoms with E-state index in [0.29, 0.717) is 30.6 Å². The number of aliphatic hydroxyl groups is 1. The number of aliphatic hydroxyl groups excluding tert-OH is 1. The number of carbonyl (C=O) groups is 1. The molecule has 0 spiro atoms. The predicted molar refractivity (Wildman–Crippen MR) is 97.7 cm³/mol. The molecule has 0 unspecified atom stereocenters. The van der Waals surface area contributed by atoms with Crippen molar-refractivity contribution in [2.24, 2.45) is 17.1 Å². The van der Waals surface area contributed by atoms with Gasteiger partial charge in [-0.25, -0.2) is 0 Å². The second-order valence-electron chi connectivity index (χ2n) is 7.62. The van der Waals surface area contributed by atoms with Crippen molar-refractivity contribution in [2.75, 3.05) is 13.7 Å². The van der Waals surface area contributed by atoms with Gasteiger partial charge in [0.25, 0.3) is 0 Å². The molecule has 1 fully saturated rings. The van der Waals surface area contributed by atoms with Gasteiger partial charge in [-0.2, -0.15) is 13.2 Å². The molecule has 2 aliphatic rings. The van der Waals surface area contributed by atoms with Crippen LogP contribution in [0.4, 0.5) is 13.2 Å². The van der Waals surface area contributed by atoms with Crippen LogP contribution in [0.2, 0.25) is 0 Å². The highest BCUT2D eigenvalue weighted by molar-refractivity contribution is 5.83. The van der Waals surface area contributed by atoms with Crippen molar-refractivity contribution < 1.29 is 24.5 Å². The first-order valence-electron chi connectivity index (χ1n) is 9.18. The summed E-state index contributed by atoms with van der Waals surface area (Å²) in [5, 5.41) is 7.00. The lowest BCUT2D eigenvalue weighted by molar-refractivity contribution is -0.145. The Morgan fingerprint density at radius 3 is 2.63 bits per heavy atom. The minimum Gasteiger partial charge on any atom is -0.400 e. The van der Waals surface area contributed by atoms with E-state index in [4.69, 9.17) is 10.8 Å². The number of rotatable bonds is 2. The van der Waals surface area contributed by atoms with E-state index in [0.717, 1.165) is 32.2 Å². The lowest BCUT2D eigenvalue weighted by Crippen LogP contribution is -2.48. The van der Waals surface area contributed by atoms with Crippen molar-refractivity contribution in [2.45, 2.75) is 58.3 Å². The number of halogens is 3. The van der Waals surface area contributed by atoms with E-state index >= 15 is 0 Å². The van der Waals surface area contributed by atoms with E-state index in [9.17, 15) is 18.0 Å². The molecule has 3 rings (SSSR count). The van der Waals surface area contributed by atoms with Crippen LogP contribution < -0.4 is 5.73 Å². The molecular formula is C19H30F3N3O2. The first-order valence-corrected chi connectivity index (χ1v) is 9.18. The van der Waals surface area contributed by atoms with Gasteiger partial charge in [-0.15, -0.1) is 0 Å². The number of fused-ring (bicyclic) bond motifs is 1. The maximum absolute atomic E-state index is 13.2. The van der Waals surface area contributed by atoms with Gasteiger partial charge in [0.1, 0.15) is 0 Å². The van der Waals surface area contributed by atoms with E-state index in [2.05, 4.69) is 4.98 Å². The van der Waals surface area contributed by atoms with Gasteiger partial charge >= 0.3 is 6.18 Å². The van der Waals surface area contributed by atoms with Gasteiger partial charge < -0.3 is 15.7 Å². The molecule has 1 saturated carbocycles. The zero-order valence-corrected chi connectivity index (χ0v) is 16.0. The Bertz CT molecular complexity index is 685. The summed E-state index contributed by atoms with van der Waals surface area (Å²) in [5.74, 6) is 0.174. The number of alkyl halides is 3. The minimum atomic E-state index is -4.42. The lowest BCUT2D eigenvalue weighted by atomic mass is 9.74. The summed E-state index contributed by atoms with van der Waals surface area (Å²) in [6.07, 6.45) is -0.857. The maximum atomic E-state index is 13.2. The van der Waals surface area contributed by atoms with Crippen LogP contribution in [0, 0.1) is 11.3 Å². The number of amides is 1. The molecule has 1 aliphatic carbocycles. The Labute approximate surface area is 159 Å². The van der Waals surface area contributed by atoms with Crippen LogP contribution in [-0.4, -0.2) is 40.6 Å². The Morgan fingerprint density at radius 1 is 1.44 bits per heavy atom. The highest BCUT2D eigenvalue weighted by Crippen LogP contribution is 2.46. The predicted octanol–water partition coefficient (Wildman–Crippen LogP) is 2.99. The molecule has 1 aromatic rings. The molecule has 2 atom stereocenters. The fourth-order valence-electron chi connectivity index (χ4n) is 4.15. The van der Waals surface area contributed by atoms with Crippen LogP contribution in [-0.2, 0) is 23.9 Å². The monoisotopic (exact) mass is 389 g/mol. The van der Waals surface area contributed by atoms with Crippen LogP contribution in [0.25, 0.3) is 0 Å². The van der Waals surface area contributed by atoms with Gasteiger partial charge in [0.05, 0.1) is 11.0 Å². The summed E-state index contributed by atoms with van der Waals surface area (Å²) in [6, 6.07) is 1.14. The number of carbonyl (C=O) groups excluding carboxylic acids is 1. The number of hydrogen-bond donors (Lipinski definition) is 2. The van der Waals surface area contributed by atoms with Crippen molar-refractivity contribution >= 4 is 5.91 Å². The Morgan fingerprint density at radius 2 is 2.11 bits per heavy atom. The number of hydrogen-bond acceptors (Lipinski definition) is 4. The van der Waals surface area contributed by atoms with Gasteiger partial charge in [-0.3, -0.25) is 9.78 Å². The number of nitrogens with zero attached hydrogens (tertiary/aromatic N) is 2. The second-order valence-corrected chi connectivity index (χ2v) is 7.62. The van der Waals surface area contributed by atoms with E-state index in [1.165, 1.54) is 0 Å². The second kappa shape index (κ2) is 8.14. The average molecular weight is 389 g/mol. The van der Waals surface area contributed by atoms with Crippen molar-refractivity contribution in [3.05, 3.63) is 29.1 Å². The van der Waals surface area contributed by atoms with E-state index in [-0.39, 0.29) is 25.8 Å². The van der Waals surface area contributed by atoms with Crippen LogP contribution in [0.15, 0.2) is 12.3 Å². The molecule has 5 nitrogen and oxygen atoms in total. The van der Waals surface area contributed by atoms with Gasteiger partial charge in [-0.05, 0) is 36.8 Å². The van der Waals surface area contributed by atoms with Crippen LogP contribution in [0.3, 0.4) is 0 Å². The molecule has 0 aromatic carbocycles. The molecule has 154 valence electrons. The number of nitrogens with two attached hydrogens (primary N) is 1. The largest absolute Gasteiger partial charge is 0.417 e. The summed E-state index contributed by atoms with van der Waals surface area (Å²) in [6.45, 7) is 4.73. The number of pyridine rings is 1. The third-order valence-corrected chi connectivity index (χ3v) is 5.77. The molecule has 27 heavy (non-hydrogen) atoms. The SMILES string of the molecule is CC(C)[C@]1(C(=O)N2CCc3ncc(C(F)(F)F)cc3C2)CC[C@@H](N)C1.CO.[HH]. The summed E-state index contributed by atoms with van der Waals surface area (Å²) >= 11 is 0. The summed E-state index contributed by atoms with van der Waals surface area (Å²) in [7, 11) is 1.00.